The number of pyridine rings is 1. The van der Waals surface area contributed by atoms with Crippen LogP contribution >= 0.6 is 0 Å². The minimum Gasteiger partial charge on any atom is -0.507 e. The normalized spacial score (nSPS) is 12.0. The second-order valence-corrected chi connectivity index (χ2v) is 15.5. The first-order valence-electron chi connectivity index (χ1n) is 17.0. The Labute approximate surface area is 309 Å². The van der Waals surface area contributed by atoms with Gasteiger partial charge in [-0.15, -0.1) is 34.9 Å². The van der Waals surface area contributed by atoms with Crippen molar-refractivity contribution in [3.8, 4) is 50.6 Å². The number of aryl methyl sites for hydroxylation is 3. The Morgan fingerprint density at radius 1 is 0.660 bits per heavy atom. The summed E-state index contributed by atoms with van der Waals surface area (Å²) in [6.45, 7) is 19.6. The molecule has 0 bridgehead atoms. The van der Waals surface area contributed by atoms with Gasteiger partial charge in [0.25, 0.3) is 0 Å². The van der Waals surface area contributed by atoms with E-state index in [1.807, 2.05) is 24.4 Å². The van der Waals surface area contributed by atoms with E-state index in [0.29, 0.717) is 17.0 Å². The second kappa shape index (κ2) is 13.0. The molecule has 0 atom stereocenters. The molecule has 7 rings (SSSR count). The van der Waals surface area contributed by atoms with Crippen molar-refractivity contribution >= 4 is 22.0 Å². The predicted molar refractivity (Wildman–Crippen MR) is 203 cm³/mol. The van der Waals surface area contributed by atoms with E-state index in [1.54, 1.807) is 6.07 Å². The first-order valence-corrected chi connectivity index (χ1v) is 17.0. The quantitative estimate of drug-likeness (QED) is 0.179. The van der Waals surface area contributed by atoms with Crippen molar-refractivity contribution in [2.45, 2.75) is 73.1 Å². The zero-order valence-electron chi connectivity index (χ0n) is 30.2. The average Bonchev–Trinajstić information content (AvgIpc) is 3.47. The minimum absolute atomic E-state index is 0. The molecule has 0 aliphatic rings. The number of phenolic OH excluding ortho intramolecular Hbond substituents is 1. The monoisotopic (exact) mass is 838 g/mol. The fourth-order valence-corrected chi connectivity index (χ4v) is 6.77. The topological polar surface area (TPSA) is 59.2 Å². The number of oxazole rings is 1. The zero-order chi connectivity index (χ0) is 34.8. The van der Waals surface area contributed by atoms with Gasteiger partial charge in [0.05, 0.1) is 11.1 Å². The number of hydrogen-bond donors (Lipinski definition) is 1. The van der Waals surface area contributed by atoms with Crippen molar-refractivity contribution < 1.29 is 30.6 Å². The van der Waals surface area contributed by atoms with Crippen molar-refractivity contribution in [1.29, 1.82) is 0 Å². The largest absolute Gasteiger partial charge is 0.507 e. The first-order chi connectivity index (χ1) is 23.2. The molecule has 0 saturated heterocycles. The van der Waals surface area contributed by atoms with Gasteiger partial charge in [-0.2, -0.15) is 0 Å². The van der Waals surface area contributed by atoms with Crippen molar-refractivity contribution in [3.05, 3.63) is 125 Å². The summed E-state index contributed by atoms with van der Waals surface area (Å²) in [4.78, 5) is 9.93. The van der Waals surface area contributed by atoms with E-state index in [0.717, 1.165) is 55.4 Å². The summed E-state index contributed by atoms with van der Waals surface area (Å²) in [5.41, 5.74) is 14.7. The average molecular weight is 839 g/mol. The molecule has 0 saturated carbocycles. The van der Waals surface area contributed by atoms with Crippen LogP contribution in [0.15, 0.2) is 95.5 Å². The minimum atomic E-state index is -0.106. The molecule has 5 heteroatoms. The Balaban J connectivity index is 0.00000432. The van der Waals surface area contributed by atoms with Gasteiger partial charge in [0, 0.05) is 32.8 Å². The maximum Gasteiger partial charge on any atom is 0.230 e. The molecule has 5 aromatic carbocycles. The molecule has 50 heavy (non-hydrogen) atoms. The van der Waals surface area contributed by atoms with Gasteiger partial charge in [-0.1, -0.05) is 108 Å². The molecular formula is C45H43N2O2Pt-. The van der Waals surface area contributed by atoms with Crippen LogP contribution in [0.3, 0.4) is 0 Å². The van der Waals surface area contributed by atoms with Crippen molar-refractivity contribution in [1.82, 2.24) is 9.97 Å². The van der Waals surface area contributed by atoms with Crippen molar-refractivity contribution in [3.63, 3.8) is 0 Å². The molecule has 0 aliphatic heterocycles. The molecule has 7 aromatic rings. The summed E-state index contributed by atoms with van der Waals surface area (Å²) in [6.07, 6.45) is 1.86. The fraction of sp³-hybridized carbons (Fsp3) is 0.244. The summed E-state index contributed by atoms with van der Waals surface area (Å²) < 4.78 is 6.57. The summed E-state index contributed by atoms with van der Waals surface area (Å²) in [5.74, 6) is 0.526. The van der Waals surface area contributed by atoms with Crippen molar-refractivity contribution in [2.75, 3.05) is 0 Å². The van der Waals surface area contributed by atoms with Gasteiger partial charge >= 0.3 is 0 Å². The Morgan fingerprint density at radius 2 is 1.30 bits per heavy atom. The van der Waals surface area contributed by atoms with Crippen LogP contribution in [-0.2, 0) is 31.9 Å². The molecule has 256 valence electrons. The molecule has 2 aromatic heterocycles. The molecule has 0 spiro atoms. The van der Waals surface area contributed by atoms with Crippen LogP contribution in [0, 0.1) is 26.8 Å². The molecule has 0 fully saturated rings. The van der Waals surface area contributed by atoms with Gasteiger partial charge in [0.2, 0.25) is 5.89 Å². The second-order valence-electron chi connectivity index (χ2n) is 15.5. The summed E-state index contributed by atoms with van der Waals surface area (Å²) >= 11 is 0. The third-order valence-corrected chi connectivity index (χ3v) is 9.52. The standard InChI is InChI=1S/C45H43N2O2.Pt/c1-26-18-30(20-31(19-26)36-25-34(45(7,8)9)21-29-14-11-17-46-41(29)36)35-22-32(40-27(2)12-10-13-28(40)3)23-39-42(35)47-43(49-39)37-24-33(44(4,5)6)15-16-38(37)48;/h10-19,21-25,48H,1-9H3;/q-1;. The Hall–Kier alpha value is -4.53. The van der Waals surface area contributed by atoms with Crippen LogP contribution in [0.1, 0.15) is 69.4 Å². The van der Waals surface area contributed by atoms with E-state index in [-0.39, 0.29) is 37.6 Å². The van der Waals surface area contributed by atoms with E-state index >= 15 is 0 Å². The van der Waals surface area contributed by atoms with Gasteiger partial charge in [0.15, 0.2) is 0 Å². The third-order valence-electron chi connectivity index (χ3n) is 9.52. The van der Waals surface area contributed by atoms with E-state index in [2.05, 4.69) is 129 Å². The van der Waals surface area contributed by atoms with Gasteiger partial charge in [-0.25, -0.2) is 4.98 Å². The van der Waals surface area contributed by atoms with Gasteiger partial charge in [-0.05, 0) is 87.7 Å². The first kappa shape index (κ1) is 35.3. The number of benzene rings is 5. The fourth-order valence-electron chi connectivity index (χ4n) is 6.77. The molecule has 2 heterocycles. The van der Waals surface area contributed by atoms with E-state index in [4.69, 9.17) is 14.4 Å². The number of rotatable bonds is 4. The van der Waals surface area contributed by atoms with E-state index in [1.165, 1.54) is 22.3 Å². The molecule has 0 unspecified atom stereocenters. The van der Waals surface area contributed by atoms with Crippen LogP contribution < -0.4 is 0 Å². The van der Waals surface area contributed by atoms with Gasteiger partial charge < -0.3 is 9.52 Å². The molecule has 0 radical (unpaired) electrons. The van der Waals surface area contributed by atoms with Gasteiger partial charge in [0.1, 0.15) is 11.3 Å². The molecule has 1 N–H and O–H groups in total. The Kier molecular flexibility index (Phi) is 9.16. The van der Waals surface area contributed by atoms with Crippen LogP contribution in [0.4, 0.5) is 0 Å². The van der Waals surface area contributed by atoms with E-state index in [9.17, 15) is 5.11 Å². The molecule has 0 amide bonds. The number of nitrogens with zero attached hydrogens (tertiary/aromatic N) is 2. The zero-order valence-corrected chi connectivity index (χ0v) is 32.5. The molecule has 4 nitrogen and oxygen atoms in total. The molecular weight excluding hydrogens is 796 g/mol. The smallest absolute Gasteiger partial charge is 0.230 e. The summed E-state index contributed by atoms with van der Waals surface area (Å²) in [7, 11) is 0. The maximum absolute atomic E-state index is 11.0. The summed E-state index contributed by atoms with van der Waals surface area (Å²) in [5, 5.41) is 12.1. The number of aromatic nitrogens is 2. The van der Waals surface area contributed by atoms with Crippen LogP contribution in [0.5, 0.6) is 5.75 Å². The number of phenols is 1. The van der Waals surface area contributed by atoms with E-state index < -0.39 is 0 Å². The Bertz CT molecular complexity index is 2390. The number of fused-ring (bicyclic) bond motifs is 2. The van der Waals surface area contributed by atoms with Gasteiger partial charge in [-0.3, -0.25) is 4.98 Å². The Morgan fingerprint density at radius 3 is 1.96 bits per heavy atom. The SMILES string of the molecule is Cc1cc(-c2cc(C(C)(C)C)cc3cccnc23)[c-]c(-c2cc(-c3c(C)cccc3C)cc3oc(-c4cc(C(C)(C)C)ccc4O)nc23)c1.[Pt]. The predicted octanol–water partition coefficient (Wildman–Crippen LogP) is 12.1. The third kappa shape index (κ3) is 6.54. The van der Waals surface area contributed by atoms with Crippen LogP contribution in [0.25, 0.3) is 66.8 Å². The number of hydrogen-bond acceptors (Lipinski definition) is 4. The van der Waals surface area contributed by atoms with Crippen LogP contribution in [0.2, 0.25) is 0 Å². The maximum atomic E-state index is 11.0. The van der Waals surface area contributed by atoms with Crippen LogP contribution in [-0.4, -0.2) is 15.1 Å². The number of aromatic hydroxyl groups is 1. The van der Waals surface area contributed by atoms with Crippen molar-refractivity contribution in [2.24, 2.45) is 0 Å². The molecule has 0 aliphatic carbocycles. The summed E-state index contributed by atoms with van der Waals surface area (Å²) in [6, 6.07) is 33.2.